The topological polar surface area (TPSA) is 35.5 Å². The van der Waals surface area contributed by atoms with E-state index in [0.29, 0.717) is 5.92 Å². The highest BCUT2D eigenvalue weighted by molar-refractivity contribution is 5.03. The van der Waals surface area contributed by atoms with Crippen molar-refractivity contribution < 1.29 is 5.11 Å². The molecule has 0 aromatic heterocycles. The van der Waals surface area contributed by atoms with Gasteiger partial charge in [0, 0.05) is 13.1 Å². The number of aliphatic hydroxyl groups excluding tert-OH is 1. The van der Waals surface area contributed by atoms with Gasteiger partial charge in [-0.25, -0.2) is 0 Å². The second-order valence-corrected chi connectivity index (χ2v) is 5.75. The largest absolute Gasteiger partial charge is 0.394 e. The summed E-state index contributed by atoms with van der Waals surface area (Å²) in [7, 11) is 0. The Morgan fingerprint density at radius 2 is 2.12 bits per heavy atom. The zero-order valence-electron chi connectivity index (χ0n) is 10.7. The molecule has 0 aromatic carbocycles. The minimum absolute atomic E-state index is 0.0151. The Morgan fingerprint density at radius 3 is 2.56 bits per heavy atom. The van der Waals surface area contributed by atoms with E-state index >= 15 is 0 Å². The van der Waals surface area contributed by atoms with Crippen LogP contribution in [0.3, 0.4) is 0 Å². The summed E-state index contributed by atoms with van der Waals surface area (Å²) in [5.74, 6) is 1.53. The number of hydrogen-bond acceptors (Lipinski definition) is 3. The van der Waals surface area contributed by atoms with Crippen molar-refractivity contribution in [1.82, 2.24) is 10.2 Å². The van der Waals surface area contributed by atoms with Crippen LogP contribution in [0, 0.1) is 11.8 Å². The number of aliphatic hydroxyl groups is 1. The molecule has 3 nitrogen and oxygen atoms in total. The third-order valence-corrected chi connectivity index (χ3v) is 4.18. The second-order valence-electron chi connectivity index (χ2n) is 5.75. The fourth-order valence-corrected chi connectivity index (χ4v) is 3.12. The summed E-state index contributed by atoms with van der Waals surface area (Å²) in [5.41, 5.74) is -0.0151. The van der Waals surface area contributed by atoms with Gasteiger partial charge >= 0.3 is 0 Å². The standard InChI is InChI=1S/C13H26N2O/c1-3-14-13(10-16,12-4-5-12)9-15-7-6-11(2)8-15/h11-12,14,16H,3-10H2,1-2H3. The summed E-state index contributed by atoms with van der Waals surface area (Å²) < 4.78 is 0. The maximum Gasteiger partial charge on any atom is 0.0628 e. The molecule has 2 N–H and O–H groups in total. The maximum absolute atomic E-state index is 9.76. The minimum Gasteiger partial charge on any atom is -0.394 e. The van der Waals surface area contributed by atoms with Crippen LogP contribution in [-0.4, -0.2) is 48.3 Å². The van der Waals surface area contributed by atoms with E-state index in [-0.39, 0.29) is 12.1 Å². The Balaban J connectivity index is 1.95. The first-order valence-corrected chi connectivity index (χ1v) is 6.78. The van der Waals surface area contributed by atoms with Gasteiger partial charge in [-0.3, -0.25) is 0 Å². The maximum atomic E-state index is 9.76. The van der Waals surface area contributed by atoms with E-state index in [4.69, 9.17) is 0 Å². The van der Waals surface area contributed by atoms with Gasteiger partial charge in [0.2, 0.25) is 0 Å². The molecule has 94 valence electrons. The molecular formula is C13H26N2O. The molecule has 0 aromatic rings. The predicted octanol–water partition coefficient (Wildman–Crippen LogP) is 1.08. The Labute approximate surface area is 99.2 Å². The van der Waals surface area contributed by atoms with Crippen molar-refractivity contribution in [2.24, 2.45) is 11.8 Å². The van der Waals surface area contributed by atoms with E-state index in [1.54, 1.807) is 0 Å². The molecule has 2 fully saturated rings. The molecule has 0 bridgehead atoms. The van der Waals surface area contributed by atoms with Crippen molar-refractivity contribution in [2.75, 3.05) is 32.8 Å². The number of nitrogens with one attached hydrogen (secondary N) is 1. The smallest absolute Gasteiger partial charge is 0.0628 e. The molecule has 16 heavy (non-hydrogen) atoms. The van der Waals surface area contributed by atoms with Gasteiger partial charge in [0.25, 0.3) is 0 Å². The van der Waals surface area contributed by atoms with E-state index in [1.165, 1.54) is 32.4 Å². The van der Waals surface area contributed by atoms with Gasteiger partial charge in [-0.1, -0.05) is 13.8 Å². The minimum atomic E-state index is -0.0151. The quantitative estimate of drug-likeness (QED) is 0.711. The van der Waals surface area contributed by atoms with Gasteiger partial charge in [-0.15, -0.1) is 0 Å². The van der Waals surface area contributed by atoms with E-state index in [0.717, 1.165) is 19.0 Å². The summed E-state index contributed by atoms with van der Waals surface area (Å²) >= 11 is 0. The van der Waals surface area contributed by atoms with Crippen LogP contribution in [0.4, 0.5) is 0 Å². The molecule has 1 aliphatic carbocycles. The van der Waals surface area contributed by atoms with Crippen LogP contribution >= 0.6 is 0 Å². The average Bonchev–Trinajstić information content (AvgIpc) is 3.04. The third kappa shape index (κ3) is 2.58. The number of likely N-dealkylation sites (N-methyl/N-ethyl adjacent to an activating group) is 1. The van der Waals surface area contributed by atoms with Crippen LogP contribution in [-0.2, 0) is 0 Å². The molecule has 3 heteroatoms. The Hall–Kier alpha value is -0.120. The Morgan fingerprint density at radius 1 is 1.38 bits per heavy atom. The molecule has 2 aliphatic rings. The Bertz CT molecular complexity index is 230. The molecule has 0 amide bonds. The van der Waals surface area contributed by atoms with E-state index in [1.807, 2.05) is 0 Å². The highest BCUT2D eigenvalue weighted by Gasteiger charge is 2.45. The van der Waals surface area contributed by atoms with Crippen LogP contribution in [0.15, 0.2) is 0 Å². The van der Waals surface area contributed by atoms with E-state index in [9.17, 15) is 5.11 Å². The first-order valence-electron chi connectivity index (χ1n) is 6.78. The lowest BCUT2D eigenvalue weighted by atomic mass is 9.93. The Kier molecular flexibility index (Phi) is 3.88. The van der Waals surface area contributed by atoms with Crippen LogP contribution in [0.2, 0.25) is 0 Å². The van der Waals surface area contributed by atoms with Gasteiger partial charge < -0.3 is 15.3 Å². The summed E-state index contributed by atoms with van der Waals surface area (Å²) in [6.45, 7) is 9.16. The zero-order valence-corrected chi connectivity index (χ0v) is 10.7. The van der Waals surface area contributed by atoms with Gasteiger partial charge in [-0.2, -0.15) is 0 Å². The lowest BCUT2D eigenvalue weighted by Gasteiger charge is -2.37. The molecule has 0 radical (unpaired) electrons. The molecular weight excluding hydrogens is 200 g/mol. The van der Waals surface area contributed by atoms with Crippen LogP contribution in [0.25, 0.3) is 0 Å². The van der Waals surface area contributed by atoms with Crippen LogP contribution in [0.5, 0.6) is 0 Å². The van der Waals surface area contributed by atoms with Crippen molar-refractivity contribution in [2.45, 2.75) is 38.6 Å². The number of nitrogens with zero attached hydrogens (tertiary/aromatic N) is 1. The normalized spacial score (nSPS) is 30.6. The van der Waals surface area contributed by atoms with Gasteiger partial charge in [0.05, 0.1) is 12.1 Å². The number of likely N-dealkylation sites (tertiary alicyclic amines) is 1. The van der Waals surface area contributed by atoms with Crippen molar-refractivity contribution in [3.05, 3.63) is 0 Å². The van der Waals surface area contributed by atoms with E-state index < -0.39 is 0 Å². The molecule has 1 saturated heterocycles. The summed E-state index contributed by atoms with van der Waals surface area (Å²) in [6, 6.07) is 0. The zero-order chi connectivity index (χ0) is 11.6. The van der Waals surface area contributed by atoms with Gasteiger partial charge in [0.1, 0.15) is 0 Å². The second kappa shape index (κ2) is 5.03. The molecule has 1 heterocycles. The molecule has 0 spiro atoms. The molecule has 1 aliphatic heterocycles. The average molecular weight is 226 g/mol. The van der Waals surface area contributed by atoms with Gasteiger partial charge in [0.15, 0.2) is 0 Å². The van der Waals surface area contributed by atoms with Crippen molar-refractivity contribution in [1.29, 1.82) is 0 Å². The predicted molar refractivity (Wildman–Crippen MR) is 66.4 cm³/mol. The van der Waals surface area contributed by atoms with Crippen molar-refractivity contribution >= 4 is 0 Å². The molecule has 1 saturated carbocycles. The molecule has 2 unspecified atom stereocenters. The highest BCUT2D eigenvalue weighted by atomic mass is 16.3. The molecule has 2 atom stereocenters. The van der Waals surface area contributed by atoms with Gasteiger partial charge in [-0.05, 0) is 44.2 Å². The molecule has 2 rings (SSSR count). The first-order chi connectivity index (χ1) is 7.70. The fourth-order valence-electron chi connectivity index (χ4n) is 3.12. The lowest BCUT2D eigenvalue weighted by Crippen LogP contribution is -2.57. The monoisotopic (exact) mass is 226 g/mol. The van der Waals surface area contributed by atoms with Crippen LogP contribution < -0.4 is 5.32 Å². The number of rotatable bonds is 6. The van der Waals surface area contributed by atoms with Crippen LogP contribution in [0.1, 0.15) is 33.1 Å². The SMILES string of the molecule is CCNC(CO)(CN1CCC(C)C1)C1CC1. The first kappa shape index (κ1) is 12.3. The van der Waals surface area contributed by atoms with E-state index in [2.05, 4.69) is 24.1 Å². The fraction of sp³-hybridized carbons (Fsp3) is 1.00. The number of hydrogen-bond donors (Lipinski definition) is 2. The van der Waals surface area contributed by atoms with Crippen molar-refractivity contribution in [3.8, 4) is 0 Å². The summed E-state index contributed by atoms with van der Waals surface area (Å²) in [4.78, 5) is 2.53. The summed E-state index contributed by atoms with van der Waals surface area (Å²) in [5, 5.41) is 13.3. The third-order valence-electron chi connectivity index (χ3n) is 4.18. The van der Waals surface area contributed by atoms with Crippen molar-refractivity contribution in [3.63, 3.8) is 0 Å². The lowest BCUT2D eigenvalue weighted by molar-refractivity contribution is 0.100. The summed E-state index contributed by atoms with van der Waals surface area (Å²) in [6.07, 6.45) is 3.90. The highest BCUT2D eigenvalue weighted by Crippen LogP contribution is 2.40.